The van der Waals surface area contributed by atoms with E-state index < -0.39 is 0 Å². The van der Waals surface area contributed by atoms with Crippen molar-refractivity contribution in [2.45, 2.75) is 58.7 Å². The topological polar surface area (TPSA) is 38.9 Å². The van der Waals surface area contributed by atoms with Crippen molar-refractivity contribution in [3.05, 3.63) is 58.0 Å². The molecule has 1 aliphatic carbocycles. The molecule has 1 saturated carbocycles. The molecule has 0 bridgehead atoms. The molecule has 0 atom stereocenters. The van der Waals surface area contributed by atoms with E-state index in [9.17, 15) is 0 Å². The summed E-state index contributed by atoms with van der Waals surface area (Å²) in [7, 11) is 2.09. The quantitative estimate of drug-likeness (QED) is 0.501. The maximum Gasteiger partial charge on any atom is 0.227 e. The lowest BCUT2D eigenvalue weighted by Crippen LogP contribution is -2.29. The summed E-state index contributed by atoms with van der Waals surface area (Å²) < 4.78 is 6.39. The van der Waals surface area contributed by atoms with Crippen LogP contribution in [-0.2, 0) is 6.32 Å². The highest BCUT2D eigenvalue weighted by Crippen LogP contribution is 2.36. The zero-order valence-corrected chi connectivity index (χ0v) is 18.5. The average Bonchev–Trinajstić information content (AvgIpc) is 3.36. The minimum atomic E-state index is -0.181. The number of aromatic nitrogens is 2. The Morgan fingerprint density at radius 3 is 2.70 bits per heavy atom. The van der Waals surface area contributed by atoms with Crippen LogP contribution in [0, 0.1) is 17.8 Å². The van der Waals surface area contributed by atoms with E-state index in [1.54, 1.807) is 6.08 Å². The van der Waals surface area contributed by atoms with E-state index in [4.69, 9.17) is 20.8 Å². The second-order valence-corrected chi connectivity index (χ2v) is 9.25. The summed E-state index contributed by atoms with van der Waals surface area (Å²) in [4.78, 5) is 9.48. The van der Waals surface area contributed by atoms with E-state index in [2.05, 4.69) is 52.7 Å². The molecular weight excluding hydrogens is 367 g/mol. The molecular formula is C26H29BN2O. The fourth-order valence-corrected chi connectivity index (χ4v) is 4.58. The van der Waals surface area contributed by atoms with Crippen LogP contribution in [0.25, 0.3) is 22.7 Å². The Bertz CT molecular complexity index is 1230. The molecule has 0 radical (unpaired) electrons. The Morgan fingerprint density at radius 2 is 2.03 bits per heavy atom. The molecule has 0 aromatic carbocycles. The third-order valence-electron chi connectivity index (χ3n) is 6.09. The van der Waals surface area contributed by atoms with Gasteiger partial charge in [0.15, 0.2) is 0 Å². The SMILES string of the molecule is BCc1ccc2c(=C/C#C)/c(=C(/c3cc(C4CCCC4)ccn3)C(C)(C)C)oc2n1. The van der Waals surface area contributed by atoms with Crippen LogP contribution >= 0.6 is 0 Å². The predicted molar refractivity (Wildman–Crippen MR) is 126 cm³/mol. The van der Waals surface area contributed by atoms with Gasteiger partial charge in [-0.05, 0) is 66.4 Å². The Hall–Kier alpha value is -2.80. The molecule has 4 rings (SSSR count). The van der Waals surface area contributed by atoms with Gasteiger partial charge in [0.1, 0.15) is 13.3 Å². The van der Waals surface area contributed by atoms with Crippen molar-refractivity contribution >= 4 is 30.6 Å². The second-order valence-electron chi connectivity index (χ2n) is 9.25. The third-order valence-corrected chi connectivity index (χ3v) is 6.09. The summed E-state index contributed by atoms with van der Waals surface area (Å²) in [6.07, 6.45) is 15.4. The maximum absolute atomic E-state index is 6.39. The molecule has 0 N–H and O–H groups in total. The lowest BCUT2D eigenvalue weighted by molar-refractivity contribution is 0.513. The average molecular weight is 396 g/mol. The highest BCUT2D eigenvalue weighted by Gasteiger charge is 2.26. The van der Waals surface area contributed by atoms with Crippen molar-refractivity contribution in [1.82, 2.24) is 9.97 Å². The van der Waals surface area contributed by atoms with Crippen LogP contribution in [0.15, 0.2) is 34.9 Å². The van der Waals surface area contributed by atoms with Crippen molar-refractivity contribution in [2.24, 2.45) is 5.41 Å². The van der Waals surface area contributed by atoms with E-state index in [0.717, 1.165) is 39.3 Å². The summed E-state index contributed by atoms with van der Waals surface area (Å²) in [5.74, 6) is 3.33. The van der Waals surface area contributed by atoms with Gasteiger partial charge in [0.25, 0.3) is 0 Å². The molecule has 3 aromatic rings. The molecule has 152 valence electrons. The molecule has 0 amide bonds. The first-order chi connectivity index (χ1) is 14.4. The third kappa shape index (κ3) is 3.82. The van der Waals surface area contributed by atoms with Crippen LogP contribution in [0.3, 0.4) is 0 Å². The number of pyridine rings is 2. The predicted octanol–water partition coefficient (Wildman–Crippen LogP) is 3.67. The van der Waals surface area contributed by atoms with Crippen LogP contribution in [0.2, 0.25) is 0 Å². The van der Waals surface area contributed by atoms with Gasteiger partial charge in [-0.2, -0.15) is 0 Å². The molecule has 0 unspecified atom stereocenters. The van der Waals surface area contributed by atoms with Crippen molar-refractivity contribution < 1.29 is 4.42 Å². The summed E-state index contributed by atoms with van der Waals surface area (Å²) in [5.41, 5.74) is 5.66. The summed E-state index contributed by atoms with van der Waals surface area (Å²) in [5, 5.41) is 1.87. The summed E-state index contributed by atoms with van der Waals surface area (Å²) in [6, 6.07) is 8.54. The van der Waals surface area contributed by atoms with Gasteiger partial charge in [-0.25, -0.2) is 4.98 Å². The first-order valence-corrected chi connectivity index (χ1v) is 11.0. The fraction of sp³-hybridized carbons (Fsp3) is 0.385. The highest BCUT2D eigenvalue weighted by molar-refractivity contribution is 6.08. The largest absolute Gasteiger partial charge is 0.437 e. The Kier molecular flexibility index (Phi) is 5.56. The molecule has 3 heterocycles. The molecule has 3 aromatic heterocycles. The smallest absolute Gasteiger partial charge is 0.227 e. The van der Waals surface area contributed by atoms with Gasteiger partial charge < -0.3 is 4.42 Å². The lowest BCUT2D eigenvalue weighted by Gasteiger charge is -2.22. The normalized spacial score (nSPS) is 16.8. The molecule has 30 heavy (non-hydrogen) atoms. The number of nitrogens with zero attached hydrogens (tertiary/aromatic N) is 2. The molecule has 1 aliphatic rings. The van der Waals surface area contributed by atoms with Crippen LogP contribution in [0.4, 0.5) is 0 Å². The zero-order valence-electron chi connectivity index (χ0n) is 18.5. The molecule has 0 saturated heterocycles. The van der Waals surface area contributed by atoms with Crippen LogP contribution in [0.5, 0.6) is 0 Å². The van der Waals surface area contributed by atoms with Gasteiger partial charge in [-0.1, -0.05) is 39.5 Å². The van der Waals surface area contributed by atoms with E-state index >= 15 is 0 Å². The van der Waals surface area contributed by atoms with Gasteiger partial charge in [0, 0.05) is 28.1 Å². The number of terminal acetylenes is 1. The van der Waals surface area contributed by atoms with Crippen LogP contribution < -0.4 is 10.6 Å². The minimum absolute atomic E-state index is 0.181. The van der Waals surface area contributed by atoms with Gasteiger partial charge in [0.2, 0.25) is 5.71 Å². The van der Waals surface area contributed by atoms with E-state index in [1.165, 1.54) is 31.2 Å². The fourth-order valence-electron chi connectivity index (χ4n) is 4.58. The lowest BCUT2D eigenvalue weighted by atomic mass is 9.83. The molecule has 0 spiro atoms. The first kappa shape index (κ1) is 20.5. The zero-order chi connectivity index (χ0) is 21.3. The van der Waals surface area contributed by atoms with Crippen molar-refractivity contribution in [2.75, 3.05) is 0 Å². The second kappa shape index (κ2) is 8.15. The van der Waals surface area contributed by atoms with Crippen molar-refractivity contribution in [3.63, 3.8) is 0 Å². The number of hydrogen-bond acceptors (Lipinski definition) is 3. The molecule has 4 heteroatoms. The molecule has 1 fully saturated rings. The highest BCUT2D eigenvalue weighted by atomic mass is 16.3. The van der Waals surface area contributed by atoms with E-state index in [0.29, 0.717) is 11.6 Å². The number of rotatable bonds is 3. The Labute approximate surface area is 179 Å². The molecule has 3 nitrogen and oxygen atoms in total. The monoisotopic (exact) mass is 396 g/mol. The van der Waals surface area contributed by atoms with Gasteiger partial charge in [-0.15, -0.1) is 6.42 Å². The van der Waals surface area contributed by atoms with E-state index in [-0.39, 0.29) is 5.41 Å². The number of fused-ring (bicyclic) bond motifs is 1. The standard InChI is InChI=1S/C26H29BN2O/c1-5-8-20-21-12-11-19(16-27)29-25(21)30-24(20)23(26(2,3)4)22-15-18(13-14-28-22)17-9-6-7-10-17/h1,8,11-15,17H,6-7,9-10,16,27H2,2-4H3/b20-8-,24-23+. The van der Waals surface area contributed by atoms with Crippen LogP contribution in [-0.4, -0.2) is 17.8 Å². The Balaban J connectivity index is 2.05. The number of hydrogen-bond donors (Lipinski definition) is 0. The summed E-state index contributed by atoms with van der Waals surface area (Å²) >= 11 is 0. The van der Waals surface area contributed by atoms with Crippen molar-refractivity contribution in [1.29, 1.82) is 0 Å². The van der Waals surface area contributed by atoms with Gasteiger partial charge in [0.05, 0.1) is 5.69 Å². The van der Waals surface area contributed by atoms with E-state index in [1.807, 2.05) is 12.3 Å². The Morgan fingerprint density at radius 1 is 1.27 bits per heavy atom. The maximum atomic E-state index is 6.39. The van der Waals surface area contributed by atoms with Gasteiger partial charge in [-0.3, -0.25) is 4.98 Å². The van der Waals surface area contributed by atoms with Crippen molar-refractivity contribution in [3.8, 4) is 12.3 Å². The minimum Gasteiger partial charge on any atom is -0.437 e. The first-order valence-electron chi connectivity index (χ1n) is 11.0. The summed E-state index contributed by atoms with van der Waals surface area (Å²) in [6.45, 7) is 6.60. The van der Waals surface area contributed by atoms with Gasteiger partial charge >= 0.3 is 0 Å². The number of furan rings is 1. The van der Waals surface area contributed by atoms with Crippen LogP contribution in [0.1, 0.15) is 69.3 Å². The molecule has 0 aliphatic heterocycles.